The minimum Gasteiger partial charge on any atom is -0.459 e. The smallest absolute Gasteiger partial charge is 0.355 e. The highest BCUT2D eigenvalue weighted by molar-refractivity contribution is 5.95. The van der Waals surface area contributed by atoms with Crippen LogP contribution in [0.15, 0.2) is 65.1 Å². The highest BCUT2D eigenvalue weighted by Crippen LogP contribution is 2.23. The van der Waals surface area contributed by atoms with Crippen LogP contribution < -0.4 is 5.32 Å². The van der Waals surface area contributed by atoms with E-state index in [0.717, 1.165) is 21.9 Å². The molecule has 2 aromatic carbocycles. The number of nitrogens with one attached hydrogen (secondary N) is 2. The van der Waals surface area contributed by atoms with E-state index >= 15 is 0 Å². The van der Waals surface area contributed by atoms with Gasteiger partial charge >= 0.3 is 5.97 Å². The Labute approximate surface area is 155 Å². The van der Waals surface area contributed by atoms with Crippen molar-refractivity contribution in [2.24, 2.45) is 0 Å². The maximum Gasteiger partial charge on any atom is 0.355 e. The summed E-state index contributed by atoms with van der Waals surface area (Å²) in [5.41, 5.74) is 1.92. The van der Waals surface area contributed by atoms with Gasteiger partial charge in [0.2, 0.25) is 0 Å². The molecule has 0 fully saturated rings. The first-order chi connectivity index (χ1) is 13.1. The number of aromatic amines is 1. The van der Waals surface area contributed by atoms with Gasteiger partial charge in [0.1, 0.15) is 17.0 Å². The van der Waals surface area contributed by atoms with Gasteiger partial charge in [0.25, 0.3) is 5.91 Å². The SMILES string of the molecule is C[C@@H](NC(=O)COC(=O)c1cc2ccccc2[nH]1)c1cc2ccccc2o1. The molecule has 0 aliphatic rings. The predicted octanol–water partition coefficient (Wildman–Crippen LogP) is 3.95. The second-order valence-corrected chi connectivity index (χ2v) is 6.32. The van der Waals surface area contributed by atoms with Crippen LogP contribution >= 0.6 is 0 Å². The van der Waals surface area contributed by atoms with Gasteiger partial charge in [0, 0.05) is 16.3 Å². The Balaban J connectivity index is 1.35. The van der Waals surface area contributed by atoms with Crippen molar-refractivity contribution in [2.45, 2.75) is 13.0 Å². The summed E-state index contributed by atoms with van der Waals surface area (Å²) in [5, 5.41) is 4.65. The van der Waals surface area contributed by atoms with E-state index in [4.69, 9.17) is 9.15 Å². The number of hydrogen-bond donors (Lipinski definition) is 2. The molecule has 1 atom stereocenters. The summed E-state index contributed by atoms with van der Waals surface area (Å²) >= 11 is 0. The fourth-order valence-electron chi connectivity index (χ4n) is 2.96. The van der Waals surface area contributed by atoms with Crippen molar-refractivity contribution in [3.63, 3.8) is 0 Å². The number of aromatic nitrogens is 1. The van der Waals surface area contributed by atoms with Crippen molar-refractivity contribution in [1.82, 2.24) is 10.3 Å². The first-order valence-electron chi connectivity index (χ1n) is 8.63. The number of carbonyl (C=O) groups is 2. The van der Waals surface area contributed by atoms with Crippen LogP contribution in [0, 0.1) is 0 Å². The number of para-hydroxylation sites is 2. The second-order valence-electron chi connectivity index (χ2n) is 6.32. The molecule has 0 aliphatic carbocycles. The number of esters is 1. The number of benzene rings is 2. The normalized spacial score (nSPS) is 12.2. The molecule has 4 aromatic rings. The standard InChI is InChI=1S/C21H18N2O4/c1-13(19-11-15-7-3-5-9-18(15)27-19)22-20(24)12-26-21(25)17-10-14-6-2-4-8-16(14)23-17/h2-11,13,23H,12H2,1H3,(H,22,24)/t13-/m1/s1. The number of fused-ring (bicyclic) bond motifs is 2. The quantitative estimate of drug-likeness (QED) is 0.527. The number of ether oxygens (including phenoxy) is 1. The molecule has 6 nitrogen and oxygen atoms in total. The van der Waals surface area contributed by atoms with Crippen molar-refractivity contribution in [1.29, 1.82) is 0 Å². The highest BCUT2D eigenvalue weighted by Gasteiger charge is 2.17. The molecule has 136 valence electrons. The maximum atomic E-state index is 12.1. The zero-order valence-electron chi connectivity index (χ0n) is 14.7. The minimum absolute atomic E-state index is 0.314. The van der Waals surface area contributed by atoms with Crippen molar-refractivity contribution in [3.8, 4) is 0 Å². The second kappa shape index (κ2) is 6.99. The van der Waals surface area contributed by atoms with Gasteiger partial charge in [0.15, 0.2) is 6.61 Å². The number of rotatable bonds is 5. The molecule has 27 heavy (non-hydrogen) atoms. The summed E-state index contributed by atoms with van der Waals surface area (Å²) in [4.78, 5) is 27.2. The van der Waals surface area contributed by atoms with E-state index in [-0.39, 0.29) is 12.6 Å². The van der Waals surface area contributed by atoms with Crippen LogP contribution in [0.1, 0.15) is 29.2 Å². The Morgan fingerprint density at radius 1 is 1.07 bits per heavy atom. The molecule has 2 heterocycles. The Morgan fingerprint density at radius 3 is 2.59 bits per heavy atom. The third-order valence-corrected chi connectivity index (χ3v) is 4.33. The van der Waals surface area contributed by atoms with Crippen molar-refractivity contribution >= 4 is 33.7 Å². The van der Waals surface area contributed by atoms with Crippen molar-refractivity contribution in [2.75, 3.05) is 6.61 Å². The number of H-pyrrole nitrogens is 1. The van der Waals surface area contributed by atoms with E-state index in [2.05, 4.69) is 10.3 Å². The third-order valence-electron chi connectivity index (χ3n) is 4.33. The largest absolute Gasteiger partial charge is 0.459 e. The monoisotopic (exact) mass is 362 g/mol. The fourth-order valence-corrected chi connectivity index (χ4v) is 2.96. The summed E-state index contributed by atoms with van der Waals surface area (Å²) in [6, 6.07) is 18.4. The van der Waals surface area contributed by atoms with Gasteiger partial charge in [-0.15, -0.1) is 0 Å². The molecule has 0 bridgehead atoms. The van der Waals surface area contributed by atoms with Gasteiger partial charge in [-0.1, -0.05) is 36.4 Å². The lowest BCUT2D eigenvalue weighted by atomic mass is 10.2. The molecule has 0 spiro atoms. The molecule has 0 radical (unpaired) electrons. The number of amides is 1. The molecule has 0 saturated heterocycles. The minimum atomic E-state index is -0.572. The van der Waals surface area contributed by atoms with E-state index in [1.165, 1.54) is 0 Å². The average molecular weight is 362 g/mol. The summed E-state index contributed by atoms with van der Waals surface area (Å²) in [7, 11) is 0. The van der Waals surface area contributed by atoms with Gasteiger partial charge < -0.3 is 19.5 Å². The van der Waals surface area contributed by atoms with E-state index in [9.17, 15) is 9.59 Å². The van der Waals surface area contributed by atoms with Gasteiger partial charge in [-0.2, -0.15) is 0 Å². The molecule has 2 aromatic heterocycles. The maximum absolute atomic E-state index is 12.1. The average Bonchev–Trinajstić information content (AvgIpc) is 3.30. The zero-order valence-corrected chi connectivity index (χ0v) is 14.7. The Bertz CT molecular complexity index is 1060. The van der Waals surface area contributed by atoms with Crippen LogP contribution in [0.25, 0.3) is 21.9 Å². The molecule has 0 unspecified atom stereocenters. The fraction of sp³-hybridized carbons (Fsp3) is 0.143. The van der Waals surface area contributed by atoms with Crippen molar-refractivity contribution in [3.05, 3.63) is 72.1 Å². The summed E-state index contributed by atoms with van der Waals surface area (Å²) in [6.45, 7) is 1.45. The lowest BCUT2D eigenvalue weighted by Crippen LogP contribution is -2.31. The van der Waals surface area contributed by atoms with Crippen LogP contribution in [0.2, 0.25) is 0 Å². The molecule has 2 N–H and O–H groups in total. The van der Waals surface area contributed by atoms with Gasteiger partial charge in [0.05, 0.1) is 6.04 Å². The van der Waals surface area contributed by atoms with E-state index in [1.54, 1.807) is 6.07 Å². The van der Waals surface area contributed by atoms with Crippen LogP contribution in [0.5, 0.6) is 0 Å². The zero-order chi connectivity index (χ0) is 18.8. The molecular formula is C21H18N2O4. The third kappa shape index (κ3) is 3.55. The Morgan fingerprint density at radius 2 is 1.81 bits per heavy atom. The van der Waals surface area contributed by atoms with Gasteiger partial charge in [-0.3, -0.25) is 4.79 Å². The van der Waals surface area contributed by atoms with E-state index in [0.29, 0.717) is 11.5 Å². The molecule has 0 aliphatic heterocycles. The summed E-state index contributed by atoms with van der Waals surface area (Å²) in [5.74, 6) is -0.323. The molecule has 4 rings (SSSR count). The molecule has 1 amide bonds. The van der Waals surface area contributed by atoms with Gasteiger partial charge in [-0.25, -0.2) is 4.79 Å². The summed E-state index contributed by atoms with van der Waals surface area (Å²) < 4.78 is 10.8. The van der Waals surface area contributed by atoms with Crippen LogP contribution in [0.4, 0.5) is 0 Å². The van der Waals surface area contributed by atoms with Crippen LogP contribution in [0.3, 0.4) is 0 Å². The Kier molecular flexibility index (Phi) is 4.38. The number of hydrogen-bond acceptors (Lipinski definition) is 4. The topological polar surface area (TPSA) is 84.3 Å². The highest BCUT2D eigenvalue weighted by atomic mass is 16.5. The van der Waals surface area contributed by atoms with Crippen LogP contribution in [-0.4, -0.2) is 23.5 Å². The van der Waals surface area contributed by atoms with Crippen molar-refractivity contribution < 1.29 is 18.7 Å². The molecule has 6 heteroatoms. The van der Waals surface area contributed by atoms with E-state index in [1.807, 2.05) is 61.5 Å². The Hall–Kier alpha value is -3.54. The summed E-state index contributed by atoms with van der Waals surface area (Å²) in [6.07, 6.45) is 0. The predicted molar refractivity (Wildman–Crippen MR) is 101 cm³/mol. The molecular weight excluding hydrogens is 344 g/mol. The molecule has 0 saturated carbocycles. The first kappa shape index (κ1) is 16.9. The number of furan rings is 1. The first-order valence-corrected chi connectivity index (χ1v) is 8.63. The number of carbonyl (C=O) groups excluding carboxylic acids is 2. The van der Waals surface area contributed by atoms with Gasteiger partial charge in [-0.05, 0) is 31.2 Å². The lowest BCUT2D eigenvalue weighted by molar-refractivity contribution is -0.125. The van der Waals surface area contributed by atoms with E-state index < -0.39 is 11.9 Å². The van der Waals surface area contributed by atoms with Crippen LogP contribution in [-0.2, 0) is 9.53 Å². The lowest BCUT2D eigenvalue weighted by Gasteiger charge is -2.11.